The van der Waals surface area contributed by atoms with Gasteiger partial charge in [0.15, 0.2) is 9.84 Å². The van der Waals surface area contributed by atoms with Crippen molar-refractivity contribution in [2.45, 2.75) is 25.3 Å². The standard InChI is InChI=1S/C20H20N2O4S/c1-4-22-20(26-13-23)18(15-7-5-14(2)6-8-15)19(21-22)16-9-11-17(12-10-16)27(3,24)25/h5-13H,4H2,1-3H3. The van der Waals surface area contributed by atoms with E-state index in [2.05, 4.69) is 5.10 Å². The van der Waals surface area contributed by atoms with E-state index >= 15 is 0 Å². The zero-order chi connectivity index (χ0) is 19.6. The first kappa shape index (κ1) is 18.8. The van der Waals surface area contributed by atoms with E-state index in [1.807, 2.05) is 38.1 Å². The molecule has 1 heterocycles. The molecule has 0 aliphatic heterocycles. The van der Waals surface area contributed by atoms with Crippen LogP contribution in [0.25, 0.3) is 22.4 Å². The highest BCUT2D eigenvalue weighted by Crippen LogP contribution is 2.39. The first-order valence-electron chi connectivity index (χ1n) is 8.43. The Labute approximate surface area is 158 Å². The minimum Gasteiger partial charge on any atom is -0.409 e. The molecule has 0 spiro atoms. The maximum atomic E-state index is 11.7. The van der Waals surface area contributed by atoms with Gasteiger partial charge in [0.25, 0.3) is 6.47 Å². The maximum Gasteiger partial charge on any atom is 0.299 e. The van der Waals surface area contributed by atoms with Crippen molar-refractivity contribution in [3.63, 3.8) is 0 Å². The Morgan fingerprint density at radius 3 is 2.15 bits per heavy atom. The van der Waals surface area contributed by atoms with Gasteiger partial charge in [-0.25, -0.2) is 13.1 Å². The highest BCUT2D eigenvalue weighted by atomic mass is 32.2. The van der Waals surface area contributed by atoms with Gasteiger partial charge in [0.1, 0.15) is 5.69 Å². The molecule has 0 unspecified atom stereocenters. The van der Waals surface area contributed by atoms with E-state index in [0.717, 1.165) is 16.7 Å². The predicted molar refractivity (Wildman–Crippen MR) is 103 cm³/mol. The fourth-order valence-corrected chi connectivity index (χ4v) is 3.50. The van der Waals surface area contributed by atoms with Gasteiger partial charge in [-0.1, -0.05) is 42.0 Å². The van der Waals surface area contributed by atoms with Crippen LogP contribution in [-0.2, 0) is 21.2 Å². The summed E-state index contributed by atoms with van der Waals surface area (Å²) in [5.41, 5.74) is 4.02. The average molecular weight is 384 g/mol. The quantitative estimate of drug-likeness (QED) is 0.608. The second-order valence-electron chi connectivity index (χ2n) is 6.22. The summed E-state index contributed by atoms with van der Waals surface area (Å²) in [7, 11) is -3.28. The summed E-state index contributed by atoms with van der Waals surface area (Å²) in [6.45, 7) is 4.80. The second-order valence-corrected chi connectivity index (χ2v) is 8.24. The number of carbonyl (C=O) groups excluding carboxylic acids is 1. The Morgan fingerprint density at radius 1 is 1.04 bits per heavy atom. The molecule has 0 radical (unpaired) electrons. The first-order valence-corrected chi connectivity index (χ1v) is 10.3. The molecule has 0 N–H and O–H groups in total. The third-order valence-corrected chi connectivity index (χ3v) is 5.39. The molecule has 0 bridgehead atoms. The zero-order valence-corrected chi connectivity index (χ0v) is 16.2. The van der Waals surface area contributed by atoms with Crippen LogP contribution in [0.2, 0.25) is 0 Å². The number of aryl methyl sites for hydroxylation is 2. The molecule has 7 heteroatoms. The summed E-state index contributed by atoms with van der Waals surface area (Å²) in [4.78, 5) is 11.3. The number of nitrogens with zero attached hydrogens (tertiary/aromatic N) is 2. The number of carbonyl (C=O) groups is 1. The lowest BCUT2D eigenvalue weighted by Crippen LogP contribution is -2.02. The molecule has 3 rings (SSSR count). The van der Waals surface area contributed by atoms with E-state index in [4.69, 9.17) is 4.74 Å². The molecule has 0 aliphatic rings. The van der Waals surface area contributed by atoms with Gasteiger partial charge in [-0.3, -0.25) is 4.79 Å². The number of ether oxygens (including phenoxy) is 1. The highest BCUT2D eigenvalue weighted by molar-refractivity contribution is 7.90. The van der Waals surface area contributed by atoms with Crippen LogP contribution >= 0.6 is 0 Å². The van der Waals surface area contributed by atoms with Gasteiger partial charge in [0.05, 0.1) is 10.5 Å². The molecular weight excluding hydrogens is 364 g/mol. The van der Waals surface area contributed by atoms with Crippen LogP contribution in [0.15, 0.2) is 53.4 Å². The number of hydrogen-bond acceptors (Lipinski definition) is 5. The predicted octanol–water partition coefficient (Wildman–Crippen LogP) is 3.48. The third-order valence-electron chi connectivity index (χ3n) is 4.26. The molecular formula is C20H20N2O4S. The van der Waals surface area contributed by atoms with Gasteiger partial charge in [-0.15, -0.1) is 0 Å². The number of hydrogen-bond donors (Lipinski definition) is 0. The van der Waals surface area contributed by atoms with Gasteiger partial charge in [-0.05, 0) is 31.5 Å². The first-order chi connectivity index (χ1) is 12.8. The zero-order valence-electron chi connectivity index (χ0n) is 15.3. The maximum absolute atomic E-state index is 11.7. The van der Waals surface area contributed by atoms with Gasteiger partial charge >= 0.3 is 0 Å². The molecule has 1 aromatic heterocycles. The molecule has 0 amide bonds. The van der Waals surface area contributed by atoms with Crippen LogP contribution in [0.3, 0.4) is 0 Å². The van der Waals surface area contributed by atoms with Crippen LogP contribution in [0.5, 0.6) is 5.88 Å². The summed E-state index contributed by atoms with van der Waals surface area (Å²) in [6, 6.07) is 14.3. The van der Waals surface area contributed by atoms with Gasteiger partial charge in [0, 0.05) is 18.4 Å². The Morgan fingerprint density at radius 2 is 1.63 bits per heavy atom. The smallest absolute Gasteiger partial charge is 0.299 e. The van der Waals surface area contributed by atoms with Crippen LogP contribution in [0.4, 0.5) is 0 Å². The number of sulfone groups is 1. The van der Waals surface area contributed by atoms with Crippen molar-refractivity contribution in [2.24, 2.45) is 0 Å². The van der Waals surface area contributed by atoms with Crippen molar-refractivity contribution < 1.29 is 17.9 Å². The molecule has 140 valence electrons. The minimum absolute atomic E-state index is 0.238. The van der Waals surface area contributed by atoms with Crippen LogP contribution in [0.1, 0.15) is 12.5 Å². The van der Waals surface area contributed by atoms with Crippen LogP contribution in [0, 0.1) is 6.92 Å². The summed E-state index contributed by atoms with van der Waals surface area (Å²) in [5, 5.41) is 4.59. The van der Waals surface area contributed by atoms with E-state index < -0.39 is 9.84 Å². The number of rotatable bonds is 6. The minimum atomic E-state index is -3.28. The SMILES string of the molecule is CCn1nc(-c2ccc(S(C)(=O)=O)cc2)c(-c2ccc(C)cc2)c1OC=O. The van der Waals surface area contributed by atoms with Crippen molar-refractivity contribution in [3.05, 3.63) is 54.1 Å². The molecule has 3 aromatic rings. The van der Waals surface area contributed by atoms with E-state index in [-0.39, 0.29) is 4.90 Å². The summed E-state index contributed by atoms with van der Waals surface area (Å²) in [5.74, 6) is 0.360. The Kier molecular flexibility index (Phi) is 5.14. The van der Waals surface area contributed by atoms with Crippen molar-refractivity contribution in [1.82, 2.24) is 9.78 Å². The van der Waals surface area contributed by atoms with Gasteiger partial charge in [0.2, 0.25) is 5.88 Å². The molecule has 2 aromatic carbocycles. The summed E-state index contributed by atoms with van der Waals surface area (Å²) in [6.07, 6.45) is 1.17. The molecule has 0 saturated heterocycles. The van der Waals surface area contributed by atoms with E-state index in [0.29, 0.717) is 30.2 Å². The normalized spacial score (nSPS) is 11.4. The largest absolute Gasteiger partial charge is 0.409 e. The lowest BCUT2D eigenvalue weighted by atomic mass is 10.0. The fraction of sp³-hybridized carbons (Fsp3) is 0.200. The molecule has 0 atom stereocenters. The monoisotopic (exact) mass is 384 g/mol. The van der Waals surface area contributed by atoms with Crippen molar-refractivity contribution in [3.8, 4) is 28.3 Å². The lowest BCUT2D eigenvalue weighted by Gasteiger charge is -2.07. The fourth-order valence-electron chi connectivity index (χ4n) is 2.87. The van der Waals surface area contributed by atoms with Crippen LogP contribution < -0.4 is 4.74 Å². The number of aromatic nitrogens is 2. The van der Waals surface area contributed by atoms with Gasteiger partial charge in [-0.2, -0.15) is 5.10 Å². The van der Waals surface area contributed by atoms with Crippen molar-refractivity contribution in [1.29, 1.82) is 0 Å². The Bertz CT molecular complexity index is 1070. The third kappa shape index (κ3) is 3.78. The number of benzene rings is 2. The van der Waals surface area contributed by atoms with E-state index in [1.54, 1.807) is 28.9 Å². The highest BCUT2D eigenvalue weighted by Gasteiger charge is 2.22. The van der Waals surface area contributed by atoms with Gasteiger partial charge < -0.3 is 4.74 Å². The topological polar surface area (TPSA) is 78.3 Å². The molecule has 0 saturated carbocycles. The van der Waals surface area contributed by atoms with Crippen molar-refractivity contribution in [2.75, 3.05) is 6.26 Å². The molecule has 27 heavy (non-hydrogen) atoms. The Balaban J connectivity index is 2.22. The summed E-state index contributed by atoms with van der Waals surface area (Å²) < 4.78 is 30.3. The molecule has 6 nitrogen and oxygen atoms in total. The average Bonchev–Trinajstić information content (AvgIpc) is 3.00. The lowest BCUT2D eigenvalue weighted by molar-refractivity contribution is -0.121. The molecule has 0 aliphatic carbocycles. The molecule has 0 fully saturated rings. The Hall–Kier alpha value is -2.93. The van der Waals surface area contributed by atoms with Crippen LogP contribution in [-0.4, -0.2) is 30.9 Å². The second kappa shape index (κ2) is 7.36. The van der Waals surface area contributed by atoms with Crippen molar-refractivity contribution >= 4 is 16.3 Å². The van der Waals surface area contributed by atoms with E-state index in [1.165, 1.54) is 6.26 Å². The van der Waals surface area contributed by atoms with E-state index in [9.17, 15) is 13.2 Å². The summed E-state index contributed by atoms with van der Waals surface area (Å²) >= 11 is 0.